The summed E-state index contributed by atoms with van der Waals surface area (Å²) in [6, 6.07) is 2.55. The predicted octanol–water partition coefficient (Wildman–Crippen LogP) is 3.14. The van der Waals surface area contributed by atoms with Gasteiger partial charge in [0.1, 0.15) is 5.82 Å². The average Bonchev–Trinajstić information content (AvgIpc) is 2.72. The highest BCUT2D eigenvalue weighted by atomic mass is 35.5. The van der Waals surface area contributed by atoms with Crippen LogP contribution in [-0.2, 0) is 4.79 Å². The molecule has 0 fully saturated rings. The van der Waals surface area contributed by atoms with Crippen LogP contribution in [0.5, 0.6) is 0 Å². The van der Waals surface area contributed by atoms with Gasteiger partial charge in [-0.2, -0.15) is 13.5 Å². The Morgan fingerprint density at radius 2 is 2.00 bits per heavy atom. The molecule has 1 heterocycles. The van der Waals surface area contributed by atoms with E-state index >= 15 is 0 Å². The van der Waals surface area contributed by atoms with Crippen molar-refractivity contribution in [2.75, 3.05) is 0 Å². The van der Waals surface area contributed by atoms with Gasteiger partial charge in [0.25, 0.3) is 0 Å². The minimum atomic E-state index is -3.05. The number of carboxylic acid groups (broad SMARTS) is 1. The van der Waals surface area contributed by atoms with Gasteiger partial charge in [0.2, 0.25) is 0 Å². The normalized spacial score (nSPS) is 11.6. The Balaban J connectivity index is 2.65. The fraction of sp³-hybridized carbons (Fsp3) is 0.154. The van der Waals surface area contributed by atoms with Gasteiger partial charge in [-0.25, -0.2) is 14.2 Å². The molecule has 122 valence electrons. The van der Waals surface area contributed by atoms with Gasteiger partial charge in [-0.3, -0.25) is 0 Å². The maximum Gasteiger partial charge on any atom is 0.355 e. The highest BCUT2D eigenvalue weighted by molar-refractivity contribution is 6.36. The van der Waals surface area contributed by atoms with Gasteiger partial charge in [0.15, 0.2) is 0 Å². The number of aromatic nitrogens is 3. The third-order valence-electron chi connectivity index (χ3n) is 2.88. The molecule has 0 radical (unpaired) electrons. The van der Waals surface area contributed by atoms with Crippen molar-refractivity contribution in [3.05, 3.63) is 50.1 Å². The molecule has 0 saturated carbocycles. The van der Waals surface area contributed by atoms with Crippen LogP contribution in [0.25, 0.3) is 11.8 Å². The first kappa shape index (κ1) is 17.2. The van der Waals surface area contributed by atoms with E-state index in [0.29, 0.717) is 4.68 Å². The third-order valence-corrected chi connectivity index (χ3v) is 3.51. The van der Waals surface area contributed by atoms with E-state index in [0.717, 1.165) is 6.08 Å². The zero-order valence-electron chi connectivity index (χ0n) is 11.5. The standard InChI is InChI=1S/C13H9Cl2F2N3O3/c1-6-18-20(13(23)19(6)12(16)17)10-4-7(2-3-11(21)22)8(14)5-9(10)15/h2-5,12H,1H3,(H,21,22). The molecule has 23 heavy (non-hydrogen) atoms. The summed E-state index contributed by atoms with van der Waals surface area (Å²) in [6.45, 7) is -1.80. The van der Waals surface area contributed by atoms with Crippen LogP contribution in [0, 0.1) is 6.92 Å². The predicted molar refractivity (Wildman–Crippen MR) is 80.5 cm³/mol. The van der Waals surface area contributed by atoms with Crippen molar-refractivity contribution >= 4 is 35.2 Å². The molecule has 0 unspecified atom stereocenters. The van der Waals surface area contributed by atoms with Gasteiger partial charge in [0.05, 0.1) is 10.7 Å². The summed E-state index contributed by atoms with van der Waals surface area (Å²) in [5.41, 5.74) is -0.826. The average molecular weight is 364 g/mol. The zero-order valence-corrected chi connectivity index (χ0v) is 13.0. The van der Waals surface area contributed by atoms with Crippen molar-refractivity contribution in [1.29, 1.82) is 0 Å². The number of hydrogen-bond acceptors (Lipinski definition) is 3. The SMILES string of the molecule is Cc1nn(-c2cc(C=CC(=O)O)c(Cl)cc2Cl)c(=O)n1C(F)F. The fourth-order valence-electron chi connectivity index (χ4n) is 1.86. The van der Waals surface area contributed by atoms with Gasteiger partial charge >= 0.3 is 18.2 Å². The molecule has 0 spiro atoms. The Morgan fingerprint density at radius 3 is 2.52 bits per heavy atom. The zero-order chi connectivity index (χ0) is 17.3. The number of carboxylic acids is 1. The summed E-state index contributed by atoms with van der Waals surface area (Å²) < 4.78 is 26.6. The quantitative estimate of drug-likeness (QED) is 0.846. The molecule has 6 nitrogen and oxygen atoms in total. The Labute approximate surface area is 138 Å². The summed E-state index contributed by atoms with van der Waals surface area (Å²) in [6.07, 6.45) is 2.02. The smallest absolute Gasteiger partial charge is 0.355 e. The first-order valence-corrected chi connectivity index (χ1v) is 6.84. The maximum atomic E-state index is 12.9. The molecule has 0 aliphatic rings. The van der Waals surface area contributed by atoms with Crippen LogP contribution in [0.3, 0.4) is 0 Å². The first-order valence-electron chi connectivity index (χ1n) is 6.09. The van der Waals surface area contributed by atoms with Gasteiger partial charge in [-0.15, -0.1) is 5.10 Å². The van der Waals surface area contributed by atoms with Crippen LogP contribution in [0.1, 0.15) is 17.9 Å². The second-order valence-electron chi connectivity index (χ2n) is 4.39. The minimum absolute atomic E-state index is 0.00323. The molecule has 0 saturated heterocycles. The molecule has 2 aromatic rings. The van der Waals surface area contributed by atoms with E-state index in [1.54, 1.807) is 0 Å². The molecule has 0 atom stereocenters. The van der Waals surface area contributed by atoms with E-state index in [9.17, 15) is 18.4 Å². The molecular formula is C13H9Cl2F2N3O3. The van der Waals surface area contributed by atoms with Crippen LogP contribution >= 0.6 is 23.2 Å². The van der Waals surface area contributed by atoms with Crippen LogP contribution < -0.4 is 5.69 Å². The number of aryl methyl sites for hydroxylation is 1. The molecule has 0 amide bonds. The lowest BCUT2D eigenvalue weighted by molar-refractivity contribution is -0.131. The third kappa shape index (κ3) is 3.43. The lowest BCUT2D eigenvalue weighted by Gasteiger charge is -2.06. The van der Waals surface area contributed by atoms with Gasteiger partial charge < -0.3 is 5.11 Å². The summed E-state index contributed by atoms with van der Waals surface area (Å²) in [5.74, 6) is -1.40. The Morgan fingerprint density at radius 1 is 1.35 bits per heavy atom. The van der Waals surface area contributed by atoms with Crippen molar-refractivity contribution in [3.8, 4) is 5.69 Å². The van der Waals surface area contributed by atoms with Crippen LogP contribution in [0.4, 0.5) is 8.78 Å². The highest BCUT2D eigenvalue weighted by Crippen LogP contribution is 2.28. The largest absolute Gasteiger partial charge is 0.478 e. The van der Waals surface area contributed by atoms with E-state index in [1.165, 1.54) is 25.1 Å². The van der Waals surface area contributed by atoms with E-state index < -0.39 is 18.2 Å². The molecule has 0 aliphatic carbocycles. The number of benzene rings is 1. The van der Waals surface area contributed by atoms with Crippen molar-refractivity contribution in [1.82, 2.24) is 14.3 Å². The summed E-state index contributed by atoms with van der Waals surface area (Å²) in [4.78, 5) is 22.6. The van der Waals surface area contributed by atoms with Crippen LogP contribution in [-0.4, -0.2) is 25.4 Å². The second-order valence-corrected chi connectivity index (χ2v) is 5.20. The first-order chi connectivity index (χ1) is 10.7. The highest BCUT2D eigenvalue weighted by Gasteiger charge is 2.20. The molecular weight excluding hydrogens is 355 g/mol. The van der Waals surface area contributed by atoms with Crippen molar-refractivity contribution < 1.29 is 18.7 Å². The number of hydrogen-bond donors (Lipinski definition) is 1. The number of alkyl halides is 2. The number of nitrogens with zero attached hydrogens (tertiary/aromatic N) is 3. The van der Waals surface area contributed by atoms with E-state index in [-0.39, 0.29) is 31.7 Å². The molecule has 1 aromatic carbocycles. The maximum absolute atomic E-state index is 12.9. The molecule has 10 heteroatoms. The minimum Gasteiger partial charge on any atom is -0.478 e. The van der Waals surface area contributed by atoms with E-state index in [4.69, 9.17) is 28.3 Å². The summed E-state index contributed by atoms with van der Waals surface area (Å²) in [7, 11) is 0. The molecule has 0 bridgehead atoms. The summed E-state index contributed by atoms with van der Waals surface area (Å²) >= 11 is 11.9. The molecule has 2 rings (SSSR count). The topological polar surface area (TPSA) is 77.1 Å². The lowest BCUT2D eigenvalue weighted by atomic mass is 10.2. The van der Waals surface area contributed by atoms with Gasteiger partial charge in [-0.1, -0.05) is 23.2 Å². The lowest BCUT2D eigenvalue weighted by Crippen LogP contribution is -2.25. The summed E-state index contributed by atoms with van der Waals surface area (Å²) in [5, 5.41) is 12.5. The van der Waals surface area contributed by atoms with Crippen LogP contribution in [0.15, 0.2) is 23.0 Å². The molecule has 0 aliphatic heterocycles. The van der Waals surface area contributed by atoms with Crippen molar-refractivity contribution in [2.45, 2.75) is 13.5 Å². The molecule has 1 aromatic heterocycles. The number of rotatable bonds is 4. The van der Waals surface area contributed by atoms with Gasteiger partial charge in [0, 0.05) is 11.1 Å². The Kier molecular flexibility index (Phi) is 4.86. The van der Waals surface area contributed by atoms with Crippen molar-refractivity contribution in [3.63, 3.8) is 0 Å². The van der Waals surface area contributed by atoms with Crippen molar-refractivity contribution in [2.24, 2.45) is 0 Å². The molecule has 1 N–H and O–H groups in total. The monoisotopic (exact) mass is 363 g/mol. The van der Waals surface area contributed by atoms with E-state index in [2.05, 4.69) is 5.10 Å². The fourth-order valence-corrected chi connectivity index (χ4v) is 2.39. The number of carbonyl (C=O) groups is 1. The Bertz CT molecular complexity index is 859. The van der Waals surface area contributed by atoms with Crippen LogP contribution in [0.2, 0.25) is 10.0 Å². The second kappa shape index (κ2) is 6.51. The Hall–Kier alpha value is -2.19. The van der Waals surface area contributed by atoms with Gasteiger partial charge in [-0.05, 0) is 30.7 Å². The van der Waals surface area contributed by atoms with E-state index in [1.807, 2.05) is 0 Å². The number of aliphatic carboxylic acids is 1. The number of halogens is 4.